The van der Waals surface area contributed by atoms with E-state index in [1.54, 1.807) is 6.92 Å². The van der Waals surface area contributed by atoms with Crippen LogP contribution >= 0.6 is 12.4 Å². The van der Waals surface area contributed by atoms with Crippen LogP contribution < -0.4 is 5.90 Å². The van der Waals surface area contributed by atoms with Gasteiger partial charge in [-0.2, -0.15) is 0 Å². The normalized spacial score (nSPS) is 12.4. The molecular weight excluding hydrogens is 130 g/mol. The molecule has 1 atom stereocenters. The van der Waals surface area contributed by atoms with Crippen LogP contribution in [-0.2, 0) is 9.57 Å². The van der Waals surface area contributed by atoms with Gasteiger partial charge in [-0.15, -0.1) is 12.4 Å². The quantitative estimate of drug-likeness (QED) is 0.465. The van der Waals surface area contributed by atoms with Crippen molar-refractivity contribution in [1.82, 2.24) is 0 Å². The first-order valence-corrected chi connectivity index (χ1v) is 2.28. The zero-order valence-electron chi connectivity index (χ0n) is 5.09. The average Bonchev–Trinajstić information content (AvgIpc) is 1.68. The van der Waals surface area contributed by atoms with Crippen LogP contribution in [0.5, 0.6) is 0 Å². The summed E-state index contributed by atoms with van der Waals surface area (Å²) in [6.45, 7) is 4.26. The van der Waals surface area contributed by atoms with Gasteiger partial charge in [0.05, 0.1) is 0 Å². The Morgan fingerprint density at radius 2 is 2.12 bits per heavy atom. The van der Waals surface area contributed by atoms with Crippen LogP contribution in [0.2, 0.25) is 0 Å². The van der Waals surface area contributed by atoms with E-state index in [1.807, 2.05) is 6.92 Å². The number of halogens is 1. The predicted octanol–water partition coefficient (Wildman–Crippen LogP) is 0.681. The van der Waals surface area contributed by atoms with Crippen molar-refractivity contribution in [1.29, 1.82) is 0 Å². The van der Waals surface area contributed by atoms with Gasteiger partial charge < -0.3 is 4.74 Å². The molecule has 3 nitrogen and oxygen atoms in total. The minimum atomic E-state index is -0.273. The van der Waals surface area contributed by atoms with Crippen LogP contribution in [0.3, 0.4) is 0 Å². The molecule has 8 heavy (non-hydrogen) atoms. The van der Waals surface area contributed by atoms with Crippen molar-refractivity contribution in [2.75, 3.05) is 6.61 Å². The second-order valence-electron chi connectivity index (χ2n) is 1.16. The van der Waals surface area contributed by atoms with Gasteiger partial charge >= 0.3 is 0 Å². The molecule has 0 spiro atoms. The van der Waals surface area contributed by atoms with Gasteiger partial charge in [0, 0.05) is 6.61 Å². The van der Waals surface area contributed by atoms with E-state index in [9.17, 15) is 0 Å². The molecular formula is C4H12ClNO2. The Bertz CT molecular complexity index is 45.0. The molecule has 0 heterocycles. The third kappa shape index (κ3) is 6.17. The summed E-state index contributed by atoms with van der Waals surface area (Å²) >= 11 is 0. The van der Waals surface area contributed by atoms with Gasteiger partial charge in [0.1, 0.15) is 0 Å². The molecule has 0 aromatic heterocycles. The van der Waals surface area contributed by atoms with Crippen molar-refractivity contribution < 1.29 is 9.57 Å². The summed E-state index contributed by atoms with van der Waals surface area (Å²) < 4.78 is 4.84. The Morgan fingerprint density at radius 1 is 1.62 bits per heavy atom. The Balaban J connectivity index is 0. The lowest BCUT2D eigenvalue weighted by atomic mass is 10.7. The van der Waals surface area contributed by atoms with Crippen LogP contribution in [-0.4, -0.2) is 12.9 Å². The second kappa shape index (κ2) is 7.17. The van der Waals surface area contributed by atoms with E-state index in [1.165, 1.54) is 0 Å². The molecule has 0 aliphatic heterocycles. The van der Waals surface area contributed by atoms with Crippen LogP contribution in [0.4, 0.5) is 0 Å². The molecule has 0 saturated heterocycles. The maximum absolute atomic E-state index is 4.84. The van der Waals surface area contributed by atoms with E-state index in [4.69, 9.17) is 10.6 Å². The van der Waals surface area contributed by atoms with Crippen LogP contribution in [0.1, 0.15) is 13.8 Å². The maximum atomic E-state index is 4.84. The summed E-state index contributed by atoms with van der Waals surface area (Å²) in [5.41, 5.74) is 0. The minimum Gasteiger partial charge on any atom is -0.351 e. The van der Waals surface area contributed by atoms with E-state index < -0.39 is 0 Å². The van der Waals surface area contributed by atoms with Gasteiger partial charge in [0.2, 0.25) is 0 Å². The molecule has 0 aromatic rings. The van der Waals surface area contributed by atoms with Gasteiger partial charge in [-0.1, -0.05) is 0 Å². The van der Waals surface area contributed by atoms with E-state index in [2.05, 4.69) is 4.84 Å². The van der Waals surface area contributed by atoms with Gasteiger partial charge in [0.25, 0.3) is 0 Å². The van der Waals surface area contributed by atoms with Crippen LogP contribution in [0, 0.1) is 0 Å². The minimum absolute atomic E-state index is 0. The molecule has 1 unspecified atom stereocenters. The highest BCUT2D eigenvalue weighted by molar-refractivity contribution is 5.85. The topological polar surface area (TPSA) is 44.5 Å². The molecule has 4 heteroatoms. The molecule has 0 radical (unpaired) electrons. The molecule has 0 amide bonds. The van der Waals surface area contributed by atoms with Crippen LogP contribution in [0.15, 0.2) is 0 Å². The molecule has 2 N–H and O–H groups in total. The van der Waals surface area contributed by atoms with E-state index in [0.29, 0.717) is 6.61 Å². The summed E-state index contributed by atoms with van der Waals surface area (Å²) in [6.07, 6.45) is -0.273. The molecule has 0 fully saturated rings. The monoisotopic (exact) mass is 141 g/mol. The van der Waals surface area contributed by atoms with E-state index in [0.717, 1.165) is 0 Å². The highest BCUT2D eigenvalue weighted by Gasteiger charge is 1.92. The van der Waals surface area contributed by atoms with E-state index in [-0.39, 0.29) is 18.7 Å². The number of hydrogen-bond acceptors (Lipinski definition) is 3. The molecule has 52 valence electrons. The van der Waals surface area contributed by atoms with Crippen LogP contribution in [0.25, 0.3) is 0 Å². The van der Waals surface area contributed by atoms with Gasteiger partial charge in [-0.05, 0) is 13.8 Å². The largest absolute Gasteiger partial charge is 0.351 e. The first kappa shape index (κ1) is 11.0. The molecule has 0 saturated carbocycles. The number of hydrogen-bond donors (Lipinski definition) is 1. The molecule has 0 bridgehead atoms. The average molecular weight is 142 g/mol. The summed E-state index contributed by atoms with van der Waals surface area (Å²) in [4.78, 5) is 4.27. The molecule has 0 aliphatic rings. The first-order valence-electron chi connectivity index (χ1n) is 2.28. The lowest BCUT2D eigenvalue weighted by molar-refractivity contribution is -0.129. The molecule has 0 aromatic carbocycles. The molecule has 0 aliphatic carbocycles. The third-order valence-corrected chi connectivity index (χ3v) is 0.593. The van der Waals surface area contributed by atoms with Gasteiger partial charge in [0.15, 0.2) is 6.29 Å². The SMILES string of the molecule is CCOC(C)ON.Cl. The second-order valence-corrected chi connectivity index (χ2v) is 1.16. The third-order valence-electron chi connectivity index (χ3n) is 0.593. The zero-order valence-corrected chi connectivity index (χ0v) is 5.90. The summed E-state index contributed by atoms with van der Waals surface area (Å²) in [5.74, 6) is 4.73. The van der Waals surface area contributed by atoms with Gasteiger partial charge in [-0.3, -0.25) is 4.84 Å². The Hall–Kier alpha value is 0.170. The fraction of sp³-hybridized carbons (Fsp3) is 1.00. The van der Waals surface area contributed by atoms with Crippen molar-refractivity contribution in [2.24, 2.45) is 5.90 Å². The zero-order chi connectivity index (χ0) is 5.70. The fourth-order valence-electron chi connectivity index (χ4n) is 0.274. The number of nitrogens with two attached hydrogens (primary N) is 1. The highest BCUT2D eigenvalue weighted by Crippen LogP contribution is 1.84. The van der Waals surface area contributed by atoms with Crippen molar-refractivity contribution in [3.63, 3.8) is 0 Å². The highest BCUT2D eigenvalue weighted by atomic mass is 35.5. The fourth-order valence-corrected chi connectivity index (χ4v) is 0.274. The Morgan fingerprint density at radius 3 is 2.25 bits per heavy atom. The summed E-state index contributed by atoms with van der Waals surface area (Å²) in [5, 5.41) is 0. The predicted molar refractivity (Wildman–Crippen MR) is 33.6 cm³/mol. The number of rotatable bonds is 3. The van der Waals surface area contributed by atoms with E-state index >= 15 is 0 Å². The smallest absolute Gasteiger partial charge is 0.174 e. The van der Waals surface area contributed by atoms with Crippen molar-refractivity contribution in [2.45, 2.75) is 20.1 Å². The molecule has 0 rings (SSSR count). The van der Waals surface area contributed by atoms with Gasteiger partial charge in [-0.25, -0.2) is 5.90 Å². The standard InChI is InChI=1S/C4H11NO2.ClH/c1-3-6-4(2)7-5;/h4H,3,5H2,1-2H3;1H. The number of ether oxygens (including phenoxy) is 1. The lowest BCUT2D eigenvalue weighted by Gasteiger charge is -2.05. The van der Waals surface area contributed by atoms with Crippen molar-refractivity contribution >= 4 is 12.4 Å². The van der Waals surface area contributed by atoms with Crippen molar-refractivity contribution in [3.8, 4) is 0 Å². The maximum Gasteiger partial charge on any atom is 0.174 e. The first-order chi connectivity index (χ1) is 3.31. The van der Waals surface area contributed by atoms with Crippen molar-refractivity contribution in [3.05, 3.63) is 0 Å². The Labute approximate surface area is 55.5 Å². The summed E-state index contributed by atoms with van der Waals surface area (Å²) in [6, 6.07) is 0. The summed E-state index contributed by atoms with van der Waals surface area (Å²) in [7, 11) is 0. The lowest BCUT2D eigenvalue weighted by Crippen LogP contribution is -2.16. The Kier molecular flexibility index (Phi) is 9.89.